The van der Waals surface area contributed by atoms with Gasteiger partial charge in [0, 0.05) is 7.05 Å². The van der Waals surface area contributed by atoms with Gasteiger partial charge in [-0.3, -0.25) is 0 Å². The van der Waals surface area contributed by atoms with Crippen LogP contribution in [0.5, 0.6) is 0 Å². The van der Waals surface area contributed by atoms with Gasteiger partial charge in [-0.15, -0.1) is 0 Å². The monoisotopic (exact) mass is 366 g/mol. The van der Waals surface area contributed by atoms with Gasteiger partial charge < -0.3 is 10.2 Å². The third-order valence-electron chi connectivity index (χ3n) is 6.31. The summed E-state index contributed by atoms with van der Waals surface area (Å²) in [6.45, 7) is 8.59. The van der Waals surface area contributed by atoms with Crippen LogP contribution < -0.4 is 5.32 Å². The maximum atomic E-state index is 13.4. The van der Waals surface area contributed by atoms with E-state index in [0.717, 1.165) is 31.2 Å². The lowest BCUT2D eigenvalue weighted by Crippen LogP contribution is -2.55. The van der Waals surface area contributed by atoms with Crippen LogP contribution in [0.3, 0.4) is 0 Å². The number of carbonyl (C=O) groups excluding carboxylic acids is 1. The van der Waals surface area contributed by atoms with Crippen LogP contribution in [-0.2, 0) is 11.1 Å². The summed E-state index contributed by atoms with van der Waals surface area (Å²) < 4.78 is 0. The molecule has 0 radical (unpaired) electrons. The zero-order chi connectivity index (χ0) is 19.9. The van der Waals surface area contributed by atoms with Crippen LogP contribution in [0.25, 0.3) is 0 Å². The van der Waals surface area contributed by atoms with Gasteiger partial charge in [-0.25, -0.2) is 4.79 Å². The second kappa shape index (κ2) is 9.07. The molecule has 27 heavy (non-hydrogen) atoms. The SMILES string of the molecule is CCC(CC)(NC(=O)N(C)C(CC)(CC)c1ccccc1)c1ccccc1. The molecular weight excluding hydrogens is 332 g/mol. The summed E-state index contributed by atoms with van der Waals surface area (Å²) >= 11 is 0. The molecule has 0 bridgehead atoms. The molecule has 2 aromatic carbocycles. The quantitative estimate of drug-likeness (QED) is 0.605. The fourth-order valence-corrected chi connectivity index (χ4v) is 4.22. The third-order valence-corrected chi connectivity index (χ3v) is 6.31. The Morgan fingerprint density at radius 3 is 1.63 bits per heavy atom. The van der Waals surface area contributed by atoms with Crippen LogP contribution in [-0.4, -0.2) is 18.0 Å². The molecule has 0 fully saturated rings. The second-order valence-corrected chi connectivity index (χ2v) is 7.25. The molecule has 0 unspecified atom stereocenters. The third kappa shape index (κ3) is 4.02. The number of nitrogens with one attached hydrogen (secondary N) is 1. The molecule has 2 amide bonds. The van der Waals surface area contributed by atoms with Crippen LogP contribution in [0.1, 0.15) is 64.5 Å². The van der Waals surface area contributed by atoms with Gasteiger partial charge in [-0.1, -0.05) is 88.4 Å². The van der Waals surface area contributed by atoms with E-state index in [-0.39, 0.29) is 17.1 Å². The predicted octanol–water partition coefficient (Wildman–Crippen LogP) is 6.06. The van der Waals surface area contributed by atoms with Gasteiger partial charge >= 0.3 is 6.03 Å². The van der Waals surface area contributed by atoms with Crippen molar-refractivity contribution in [1.29, 1.82) is 0 Å². The van der Waals surface area contributed by atoms with Gasteiger partial charge in [0.15, 0.2) is 0 Å². The van der Waals surface area contributed by atoms with Crippen molar-refractivity contribution in [2.75, 3.05) is 7.05 Å². The topological polar surface area (TPSA) is 32.3 Å². The Morgan fingerprint density at radius 2 is 1.22 bits per heavy atom. The maximum Gasteiger partial charge on any atom is 0.318 e. The van der Waals surface area contributed by atoms with Gasteiger partial charge in [0.25, 0.3) is 0 Å². The Kier molecular flexibility index (Phi) is 7.06. The molecule has 2 aromatic rings. The molecule has 1 N–H and O–H groups in total. The average molecular weight is 367 g/mol. The number of benzene rings is 2. The van der Waals surface area contributed by atoms with Crippen molar-refractivity contribution in [2.45, 2.75) is 64.5 Å². The average Bonchev–Trinajstić information content (AvgIpc) is 2.74. The Balaban J connectivity index is 2.36. The van der Waals surface area contributed by atoms with E-state index in [0.29, 0.717) is 0 Å². The molecule has 3 heteroatoms. The lowest BCUT2D eigenvalue weighted by atomic mass is 9.82. The van der Waals surface area contributed by atoms with Crippen molar-refractivity contribution < 1.29 is 4.79 Å². The summed E-state index contributed by atoms with van der Waals surface area (Å²) in [7, 11) is 1.93. The van der Waals surface area contributed by atoms with Crippen LogP contribution in [0, 0.1) is 0 Å². The highest BCUT2D eigenvalue weighted by atomic mass is 16.2. The smallest absolute Gasteiger partial charge is 0.318 e. The van der Waals surface area contributed by atoms with E-state index < -0.39 is 0 Å². The molecule has 0 aromatic heterocycles. The zero-order valence-electron chi connectivity index (χ0n) is 17.5. The van der Waals surface area contributed by atoms with E-state index in [1.165, 1.54) is 5.56 Å². The normalized spacial score (nSPS) is 11.9. The molecular formula is C24H34N2O. The zero-order valence-corrected chi connectivity index (χ0v) is 17.5. The van der Waals surface area contributed by atoms with Crippen molar-refractivity contribution in [1.82, 2.24) is 10.2 Å². The fraction of sp³-hybridized carbons (Fsp3) is 0.458. The summed E-state index contributed by atoms with van der Waals surface area (Å²) in [4.78, 5) is 15.3. The van der Waals surface area contributed by atoms with E-state index in [9.17, 15) is 4.79 Å². The fourth-order valence-electron chi connectivity index (χ4n) is 4.22. The molecule has 0 aliphatic rings. The molecule has 0 heterocycles. The number of carbonyl (C=O) groups is 1. The van der Waals surface area contributed by atoms with E-state index in [1.54, 1.807) is 0 Å². The summed E-state index contributed by atoms with van der Waals surface area (Å²) in [5, 5.41) is 3.38. The Hall–Kier alpha value is -2.29. The standard InChI is InChI=1S/C24H34N2O/c1-6-23(7-2,20-16-12-10-13-17-20)25-22(27)26(5)24(8-3,9-4)21-18-14-11-15-19-21/h10-19H,6-9H2,1-5H3,(H,25,27). The molecule has 146 valence electrons. The van der Waals surface area contributed by atoms with Crippen LogP contribution in [0.4, 0.5) is 4.79 Å². The van der Waals surface area contributed by atoms with Gasteiger partial charge in [-0.05, 0) is 36.8 Å². The van der Waals surface area contributed by atoms with Crippen molar-refractivity contribution in [3.8, 4) is 0 Å². The number of amides is 2. The van der Waals surface area contributed by atoms with Crippen molar-refractivity contribution >= 4 is 6.03 Å². The van der Waals surface area contributed by atoms with Crippen LogP contribution >= 0.6 is 0 Å². The van der Waals surface area contributed by atoms with Crippen molar-refractivity contribution in [2.24, 2.45) is 0 Å². The lowest BCUT2D eigenvalue weighted by molar-refractivity contribution is 0.113. The minimum Gasteiger partial charge on any atom is -0.328 e. The van der Waals surface area contributed by atoms with Gasteiger partial charge in [0.2, 0.25) is 0 Å². The highest BCUT2D eigenvalue weighted by molar-refractivity contribution is 5.76. The highest BCUT2D eigenvalue weighted by Crippen LogP contribution is 2.36. The molecule has 0 saturated heterocycles. The van der Waals surface area contributed by atoms with Gasteiger partial charge in [0.05, 0.1) is 11.1 Å². The minimum atomic E-state index is -0.351. The van der Waals surface area contributed by atoms with E-state index >= 15 is 0 Å². The Morgan fingerprint density at radius 1 is 0.778 bits per heavy atom. The lowest BCUT2D eigenvalue weighted by Gasteiger charge is -2.44. The molecule has 3 nitrogen and oxygen atoms in total. The van der Waals surface area contributed by atoms with E-state index in [1.807, 2.05) is 48.3 Å². The summed E-state index contributed by atoms with van der Waals surface area (Å²) in [5.41, 5.74) is 1.69. The molecule has 0 saturated carbocycles. The van der Waals surface area contributed by atoms with Crippen LogP contribution in [0.15, 0.2) is 60.7 Å². The van der Waals surface area contributed by atoms with Crippen molar-refractivity contribution in [3.63, 3.8) is 0 Å². The van der Waals surface area contributed by atoms with E-state index in [2.05, 4.69) is 57.3 Å². The Bertz CT molecular complexity index is 704. The van der Waals surface area contributed by atoms with Crippen molar-refractivity contribution in [3.05, 3.63) is 71.8 Å². The number of urea groups is 1. The highest BCUT2D eigenvalue weighted by Gasteiger charge is 2.39. The first-order valence-corrected chi connectivity index (χ1v) is 10.2. The summed E-state index contributed by atoms with van der Waals surface area (Å²) in [5.74, 6) is 0. The minimum absolute atomic E-state index is 0.0184. The Labute approximate surface area is 164 Å². The summed E-state index contributed by atoms with van der Waals surface area (Å²) in [6.07, 6.45) is 3.44. The number of nitrogens with zero attached hydrogens (tertiary/aromatic N) is 1. The molecule has 0 aliphatic carbocycles. The van der Waals surface area contributed by atoms with Gasteiger partial charge in [0.1, 0.15) is 0 Å². The summed E-state index contributed by atoms with van der Waals surface area (Å²) in [6, 6.07) is 20.7. The first-order valence-electron chi connectivity index (χ1n) is 10.2. The van der Waals surface area contributed by atoms with E-state index in [4.69, 9.17) is 0 Å². The van der Waals surface area contributed by atoms with Gasteiger partial charge in [-0.2, -0.15) is 0 Å². The predicted molar refractivity (Wildman–Crippen MR) is 114 cm³/mol. The second-order valence-electron chi connectivity index (χ2n) is 7.25. The maximum absolute atomic E-state index is 13.4. The molecule has 2 rings (SSSR count). The first-order chi connectivity index (χ1) is 13.0. The number of hydrogen-bond donors (Lipinski definition) is 1. The van der Waals surface area contributed by atoms with Crippen LogP contribution in [0.2, 0.25) is 0 Å². The molecule has 0 spiro atoms. The first kappa shape index (κ1) is 21.0. The largest absolute Gasteiger partial charge is 0.328 e. The molecule has 0 aliphatic heterocycles. The number of rotatable bonds is 8. The number of hydrogen-bond acceptors (Lipinski definition) is 1. The molecule has 0 atom stereocenters.